The second-order valence-electron chi connectivity index (χ2n) is 6.72. The van der Waals surface area contributed by atoms with E-state index in [1.165, 1.54) is 60.8 Å². The molecule has 1 aromatic rings. The van der Waals surface area contributed by atoms with Crippen molar-refractivity contribution in [2.45, 2.75) is 70.5 Å². The molecule has 2 aliphatic heterocycles. The molecule has 2 nitrogen and oxygen atoms in total. The fourth-order valence-corrected chi connectivity index (χ4v) is 4.81. The summed E-state index contributed by atoms with van der Waals surface area (Å²) in [6.45, 7) is 5.58. The Balaban J connectivity index is 1.80. The van der Waals surface area contributed by atoms with Gasteiger partial charge in [-0.3, -0.25) is 0 Å². The molecule has 0 spiro atoms. The first-order valence-electron chi connectivity index (χ1n) is 8.47. The van der Waals surface area contributed by atoms with Crippen LogP contribution in [0.25, 0.3) is 0 Å². The molecule has 0 aromatic heterocycles. The van der Waals surface area contributed by atoms with Crippen molar-refractivity contribution in [2.75, 3.05) is 11.4 Å². The minimum atomic E-state index is 0.714. The van der Waals surface area contributed by atoms with E-state index in [-0.39, 0.29) is 0 Å². The highest BCUT2D eigenvalue weighted by Gasteiger charge is 2.38. The minimum Gasteiger partial charge on any atom is -0.365 e. The smallest absolute Gasteiger partial charge is 0.0515 e. The number of halogens is 1. The fraction of sp³-hybridized carbons (Fsp3) is 0.667. The van der Waals surface area contributed by atoms with Crippen molar-refractivity contribution in [1.29, 1.82) is 0 Å². The van der Waals surface area contributed by atoms with Gasteiger partial charge >= 0.3 is 0 Å². The molecule has 2 unspecified atom stereocenters. The summed E-state index contributed by atoms with van der Waals surface area (Å²) in [4.78, 5) is 2.72. The molecule has 0 radical (unpaired) electrons. The molecule has 2 saturated heterocycles. The molecular weight excluding hydrogens is 324 g/mol. The van der Waals surface area contributed by atoms with E-state index < -0.39 is 0 Å². The molecule has 21 heavy (non-hydrogen) atoms. The predicted molar refractivity (Wildman–Crippen MR) is 94.1 cm³/mol. The molecule has 2 heterocycles. The molecule has 2 atom stereocenters. The van der Waals surface area contributed by atoms with Gasteiger partial charge in [0.15, 0.2) is 0 Å². The predicted octanol–water partition coefficient (Wildman–Crippen LogP) is 4.65. The normalized spacial score (nSPS) is 28.7. The topological polar surface area (TPSA) is 15.3 Å². The molecule has 116 valence electrons. The van der Waals surface area contributed by atoms with Gasteiger partial charge in [0, 0.05) is 22.6 Å². The Morgan fingerprint density at radius 3 is 2.57 bits per heavy atom. The van der Waals surface area contributed by atoms with Gasteiger partial charge in [0.1, 0.15) is 0 Å². The highest BCUT2D eigenvalue weighted by atomic mass is 79.9. The van der Waals surface area contributed by atoms with Gasteiger partial charge in [0.25, 0.3) is 0 Å². The second-order valence-corrected chi connectivity index (χ2v) is 7.58. The van der Waals surface area contributed by atoms with Crippen molar-refractivity contribution < 1.29 is 0 Å². The van der Waals surface area contributed by atoms with Crippen molar-refractivity contribution >= 4 is 21.6 Å². The molecule has 2 aliphatic rings. The van der Waals surface area contributed by atoms with Crippen LogP contribution in [0.2, 0.25) is 0 Å². The molecule has 3 heteroatoms. The Kier molecular flexibility index (Phi) is 4.90. The number of benzene rings is 1. The summed E-state index contributed by atoms with van der Waals surface area (Å²) < 4.78 is 1.26. The number of nitrogens with one attached hydrogen (secondary N) is 1. The van der Waals surface area contributed by atoms with Gasteiger partial charge in [-0.15, -0.1) is 0 Å². The lowest BCUT2D eigenvalue weighted by Gasteiger charge is -2.50. The Bertz CT molecular complexity index is 474. The van der Waals surface area contributed by atoms with Gasteiger partial charge in [-0.25, -0.2) is 0 Å². The maximum absolute atomic E-state index is 3.79. The molecule has 2 fully saturated rings. The van der Waals surface area contributed by atoms with Crippen LogP contribution in [0, 0.1) is 6.92 Å². The van der Waals surface area contributed by atoms with Crippen LogP contribution in [-0.2, 0) is 0 Å². The average molecular weight is 351 g/mol. The van der Waals surface area contributed by atoms with Crippen molar-refractivity contribution in [3.63, 3.8) is 0 Å². The Labute approximate surface area is 137 Å². The van der Waals surface area contributed by atoms with E-state index in [4.69, 9.17) is 0 Å². The van der Waals surface area contributed by atoms with Gasteiger partial charge in [0.05, 0.1) is 5.69 Å². The molecule has 1 N–H and O–H groups in total. The number of hydrogen-bond acceptors (Lipinski definition) is 2. The maximum Gasteiger partial charge on any atom is 0.0515 e. The van der Waals surface area contributed by atoms with Gasteiger partial charge < -0.3 is 10.2 Å². The highest BCUT2D eigenvalue weighted by Crippen LogP contribution is 2.40. The zero-order valence-corrected chi connectivity index (χ0v) is 14.8. The molecule has 2 bridgehead atoms. The van der Waals surface area contributed by atoms with Gasteiger partial charge in [-0.1, -0.05) is 13.0 Å². The first-order valence-corrected chi connectivity index (χ1v) is 9.26. The summed E-state index contributed by atoms with van der Waals surface area (Å²) in [7, 11) is 0. The number of fused-ring (bicyclic) bond motifs is 2. The zero-order chi connectivity index (χ0) is 14.8. The van der Waals surface area contributed by atoms with E-state index in [9.17, 15) is 0 Å². The second kappa shape index (κ2) is 6.70. The standard InChI is InChI=1S/C18H27BrN2/c1-3-9-20-14-11-15-5-4-6-16(12-14)21(15)18-8-7-13(2)10-17(18)19/h7-8,10,14-16,20H,3-6,9,11-12H2,1-2H3. The van der Waals surface area contributed by atoms with Crippen LogP contribution in [0.3, 0.4) is 0 Å². The fourth-order valence-electron chi connectivity index (χ4n) is 4.11. The molecular formula is C18H27BrN2. The molecule has 1 aromatic carbocycles. The highest BCUT2D eigenvalue weighted by molar-refractivity contribution is 9.10. The Morgan fingerprint density at radius 1 is 1.24 bits per heavy atom. The lowest BCUT2D eigenvalue weighted by atomic mass is 9.81. The average Bonchev–Trinajstić information content (AvgIpc) is 2.44. The number of rotatable bonds is 4. The Morgan fingerprint density at radius 2 is 1.95 bits per heavy atom. The summed E-state index contributed by atoms with van der Waals surface area (Å²) >= 11 is 3.79. The van der Waals surface area contributed by atoms with Crippen molar-refractivity contribution in [3.05, 3.63) is 28.2 Å². The van der Waals surface area contributed by atoms with Crippen LogP contribution in [0.5, 0.6) is 0 Å². The van der Waals surface area contributed by atoms with Crippen molar-refractivity contribution in [1.82, 2.24) is 5.32 Å². The molecule has 0 saturated carbocycles. The van der Waals surface area contributed by atoms with Crippen LogP contribution >= 0.6 is 15.9 Å². The number of piperidine rings is 2. The van der Waals surface area contributed by atoms with E-state index in [0.29, 0.717) is 12.1 Å². The molecule has 3 rings (SSSR count). The SMILES string of the molecule is CCCNC1CC2CCCC(C1)N2c1ccc(C)cc1Br. The summed E-state index contributed by atoms with van der Waals surface area (Å²) in [5, 5.41) is 3.76. The van der Waals surface area contributed by atoms with Gasteiger partial charge in [0.2, 0.25) is 0 Å². The largest absolute Gasteiger partial charge is 0.365 e. The number of anilines is 1. The van der Waals surface area contributed by atoms with Crippen LogP contribution in [0.4, 0.5) is 5.69 Å². The van der Waals surface area contributed by atoms with E-state index in [1.54, 1.807) is 0 Å². The van der Waals surface area contributed by atoms with E-state index >= 15 is 0 Å². The van der Waals surface area contributed by atoms with Crippen molar-refractivity contribution in [3.8, 4) is 0 Å². The van der Waals surface area contributed by atoms with Crippen LogP contribution in [0.1, 0.15) is 51.0 Å². The van der Waals surface area contributed by atoms with Crippen LogP contribution < -0.4 is 10.2 Å². The summed E-state index contributed by atoms with van der Waals surface area (Å²) in [5.41, 5.74) is 2.74. The van der Waals surface area contributed by atoms with Crippen molar-refractivity contribution in [2.24, 2.45) is 0 Å². The third-order valence-electron chi connectivity index (χ3n) is 5.04. The first kappa shape index (κ1) is 15.4. The van der Waals surface area contributed by atoms with Gasteiger partial charge in [-0.2, -0.15) is 0 Å². The van der Waals surface area contributed by atoms with E-state index in [2.05, 4.69) is 58.2 Å². The molecule has 0 aliphatic carbocycles. The minimum absolute atomic E-state index is 0.714. The van der Waals surface area contributed by atoms with E-state index in [0.717, 1.165) is 6.04 Å². The first-order chi connectivity index (χ1) is 10.2. The lowest BCUT2D eigenvalue weighted by Crippen LogP contribution is -2.56. The summed E-state index contributed by atoms with van der Waals surface area (Å²) in [6, 6.07) is 8.96. The lowest BCUT2D eigenvalue weighted by molar-refractivity contribution is 0.245. The maximum atomic E-state index is 3.79. The zero-order valence-electron chi connectivity index (χ0n) is 13.2. The summed E-state index contributed by atoms with van der Waals surface area (Å²) in [5.74, 6) is 0. The monoisotopic (exact) mass is 350 g/mol. The number of hydrogen-bond donors (Lipinski definition) is 1. The number of nitrogens with zero attached hydrogens (tertiary/aromatic N) is 1. The third kappa shape index (κ3) is 3.29. The van der Waals surface area contributed by atoms with Gasteiger partial charge in [-0.05, 0) is 85.6 Å². The van der Waals surface area contributed by atoms with E-state index in [1.807, 2.05) is 0 Å². The quantitative estimate of drug-likeness (QED) is 0.850. The van der Waals surface area contributed by atoms with Crippen LogP contribution in [0.15, 0.2) is 22.7 Å². The summed E-state index contributed by atoms with van der Waals surface area (Å²) in [6.07, 6.45) is 7.94. The number of aryl methyl sites for hydroxylation is 1. The third-order valence-corrected chi connectivity index (χ3v) is 5.67. The Hall–Kier alpha value is -0.540. The molecule has 0 amide bonds. The van der Waals surface area contributed by atoms with Crippen LogP contribution in [-0.4, -0.2) is 24.7 Å².